The third-order valence-corrected chi connectivity index (χ3v) is 2.38. The summed E-state index contributed by atoms with van der Waals surface area (Å²) in [6.07, 6.45) is 4.83. The van der Waals surface area contributed by atoms with Crippen molar-refractivity contribution in [3.05, 3.63) is 24.4 Å². The molecule has 0 radical (unpaired) electrons. The van der Waals surface area contributed by atoms with Gasteiger partial charge in [-0.25, -0.2) is 24.9 Å². The van der Waals surface area contributed by atoms with Gasteiger partial charge in [0, 0.05) is 12.4 Å². The SMILES string of the molecule is CC1(C)COC(c2ncc3nccnc3n2)=N1. The number of aliphatic imine (C=N–C) groups is 1. The van der Waals surface area contributed by atoms with E-state index < -0.39 is 0 Å². The van der Waals surface area contributed by atoms with E-state index in [9.17, 15) is 0 Å². The Bertz CT molecular complexity index is 608. The quantitative estimate of drug-likeness (QED) is 0.728. The molecule has 86 valence electrons. The Morgan fingerprint density at radius 3 is 2.76 bits per heavy atom. The molecule has 6 heteroatoms. The zero-order valence-corrected chi connectivity index (χ0v) is 9.58. The highest BCUT2D eigenvalue weighted by Crippen LogP contribution is 2.19. The minimum atomic E-state index is -0.212. The first-order valence-electron chi connectivity index (χ1n) is 5.31. The summed E-state index contributed by atoms with van der Waals surface area (Å²) in [5.74, 6) is 0.936. The van der Waals surface area contributed by atoms with Gasteiger partial charge in [0.05, 0.1) is 11.7 Å². The standard InChI is InChI=1S/C11H11N5O/c1-11(2)6-17-10(16-11)9-14-5-7-8(15-9)13-4-3-12-7/h3-5H,6H2,1-2H3. The van der Waals surface area contributed by atoms with Crippen molar-refractivity contribution < 1.29 is 4.74 Å². The molecule has 0 spiro atoms. The van der Waals surface area contributed by atoms with Gasteiger partial charge in [-0.05, 0) is 13.8 Å². The summed E-state index contributed by atoms with van der Waals surface area (Å²) in [7, 11) is 0. The molecule has 0 saturated carbocycles. The van der Waals surface area contributed by atoms with Gasteiger partial charge in [-0.2, -0.15) is 0 Å². The maximum absolute atomic E-state index is 5.48. The number of aromatic nitrogens is 4. The Hall–Kier alpha value is -2.11. The van der Waals surface area contributed by atoms with Gasteiger partial charge in [0.1, 0.15) is 12.1 Å². The highest BCUT2D eigenvalue weighted by molar-refractivity contribution is 5.93. The van der Waals surface area contributed by atoms with Crippen LogP contribution in [0.3, 0.4) is 0 Å². The molecule has 0 aliphatic carbocycles. The summed E-state index contributed by atoms with van der Waals surface area (Å²) >= 11 is 0. The van der Waals surface area contributed by atoms with Crippen LogP contribution in [0.5, 0.6) is 0 Å². The van der Waals surface area contributed by atoms with Gasteiger partial charge in [0.25, 0.3) is 5.90 Å². The van der Waals surface area contributed by atoms with Crippen molar-refractivity contribution in [1.82, 2.24) is 19.9 Å². The van der Waals surface area contributed by atoms with Gasteiger partial charge in [0.15, 0.2) is 5.65 Å². The highest BCUT2D eigenvalue weighted by Gasteiger charge is 2.28. The van der Waals surface area contributed by atoms with Crippen molar-refractivity contribution in [3.8, 4) is 0 Å². The Labute approximate surface area is 97.8 Å². The first-order valence-corrected chi connectivity index (χ1v) is 5.31. The summed E-state index contributed by atoms with van der Waals surface area (Å²) in [5, 5.41) is 0. The van der Waals surface area contributed by atoms with Crippen LogP contribution in [0.1, 0.15) is 19.7 Å². The molecule has 0 fully saturated rings. The molecule has 3 heterocycles. The smallest absolute Gasteiger partial charge is 0.255 e. The van der Waals surface area contributed by atoms with Gasteiger partial charge in [-0.15, -0.1) is 0 Å². The van der Waals surface area contributed by atoms with Gasteiger partial charge >= 0.3 is 0 Å². The molecule has 1 aliphatic heterocycles. The second kappa shape index (κ2) is 3.44. The topological polar surface area (TPSA) is 73.2 Å². The first-order chi connectivity index (χ1) is 8.14. The molecule has 0 saturated heterocycles. The number of hydrogen-bond donors (Lipinski definition) is 0. The molecule has 17 heavy (non-hydrogen) atoms. The third kappa shape index (κ3) is 1.82. The van der Waals surface area contributed by atoms with Crippen molar-refractivity contribution in [3.63, 3.8) is 0 Å². The van der Waals surface area contributed by atoms with E-state index in [4.69, 9.17) is 4.74 Å². The summed E-state index contributed by atoms with van der Waals surface area (Å²) in [6, 6.07) is 0. The molecule has 0 bridgehead atoms. The lowest BCUT2D eigenvalue weighted by atomic mass is 10.1. The van der Waals surface area contributed by atoms with E-state index in [0.29, 0.717) is 29.5 Å². The highest BCUT2D eigenvalue weighted by atomic mass is 16.5. The monoisotopic (exact) mass is 229 g/mol. The predicted molar refractivity (Wildman–Crippen MR) is 61.7 cm³/mol. The fraction of sp³-hybridized carbons (Fsp3) is 0.364. The Morgan fingerprint density at radius 2 is 2.00 bits per heavy atom. The van der Waals surface area contributed by atoms with Gasteiger partial charge in [0.2, 0.25) is 5.82 Å². The van der Waals surface area contributed by atoms with Crippen LogP contribution in [0.25, 0.3) is 11.2 Å². The molecule has 0 N–H and O–H groups in total. The van der Waals surface area contributed by atoms with Gasteiger partial charge in [-0.3, -0.25) is 0 Å². The van der Waals surface area contributed by atoms with Crippen LogP contribution in [-0.4, -0.2) is 38.0 Å². The molecule has 0 atom stereocenters. The summed E-state index contributed by atoms with van der Waals surface area (Å²) < 4.78 is 5.48. The maximum Gasteiger partial charge on any atom is 0.255 e. The van der Waals surface area contributed by atoms with Gasteiger partial charge in [-0.1, -0.05) is 0 Å². The molecule has 0 unspecified atom stereocenters. The minimum absolute atomic E-state index is 0.212. The van der Waals surface area contributed by atoms with Crippen molar-refractivity contribution in [2.45, 2.75) is 19.4 Å². The Morgan fingerprint density at radius 1 is 1.18 bits per heavy atom. The number of ether oxygens (including phenoxy) is 1. The summed E-state index contributed by atoms with van der Waals surface area (Å²) in [4.78, 5) is 21.1. The second-order valence-electron chi connectivity index (χ2n) is 4.48. The van der Waals surface area contributed by atoms with Crippen molar-refractivity contribution >= 4 is 17.1 Å². The lowest BCUT2D eigenvalue weighted by molar-refractivity contribution is 0.278. The predicted octanol–water partition coefficient (Wildman–Crippen LogP) is 0.975. The molecule has 2 aromatic heterocycles. The molecule has 2 aromatic rings. The molecular formula is C11H11N5O. The van der Waals surface area contributed by atoms with Crippen molar-refractivity contribution in [2.75, 3.05) is 6.61 Å². The van der Waals surface area contributed by atoms with E-state index in [1.54, 1.807) is 18.6 Å². The second-order valence-corrected chi connectivity index (χ2v) is 4.48. The average molecular weight is 229 g/mol. The largest absolute Gasteiger partial charge is 0.473 e. The van der Waals surface area contributed by atoms with Crippen LogP contribution in [0.4, 0.5) is 0 Å². The van der Waals surface area contributed by atoms with E-state index in [1.165, 1.54) is 0 Å². The normalized spacial score (nSPS) is 17.9. The fourth-order valence-electron chi connectivity index (χ4n) is 1.57. The Kier molecular flexibility index (Phi) is 2.04. The van der Waals surface area contributed by atoms with Crippen LogP contribution in [-0.2, 0) is 4.74 Å². The summed E-state index contributed by atoms with van der Waals surface area (Å²) in [6.45, 7) is 4.55. The third-order valence-electron chi connectivity index (χ3n) is 2.38. The number of fused-ring (bicyclic) bond motifs is 1. The number of rotatable bonds is 1. The molecule has 3 rings (SSSR count). The van der Waals surface area contributed by atoms with E-state index in [1.807, 2.05) is 13.8 Å². The molecule has 0 aromatic carbocycles. The number of hydrogen-bond acceptors (Lipinski definition) is 6. The van der Waals surface area contributed by atoms with E-state index >= 15 is 0 Å². The van der Waals surface area contributed by atoms with Crippen molar-refractivity contribution in [2.24, 2.45) is 4.99 Å². The van der Waals surface area contributed by atoms with Crippen LogP contribution in [0, 0.1) is 0 Å². The number of nitrogens with zero attached hydrogens (tertiary/aromatic N) is 5. The zero-order valence-electron chi connectivity index (χ0n) is 9.58. The van der Waals surface area contributed by atoms with E-state index in [-0.39, 0.29) is 5.54 Å². The van der Waals surface area contributed by atoms with E-state index in [2.05, 4.69) is 24.9 Å². The maximum atomic E-state index is 5.48. The lowest BCUT2D eigenvalue weighted by Gasteiger charge is -2.07. The van der Waals surface area contributed by atoms with Crippen LogP contribution in [0.15, 0.2) is 23.6 Å². The van der Waals surface area contributed by atoms with Crippen molar-refractivity contribution in [1.29, 1.82) is 0 Å². The van der Waals surface area contributed by atoms with Crippen LogP contribution in [0.2, 0.25) is 0 Å². The Balaban J connectivity index is 2.07. The summed E-state index contributed by atoms with van der Waals surface area (Å²) in [5.41, 5.74) is 0.998. The molecule has 6 nitrogen and oxygen atoms in total. The van der Waals surface area contributed by atoms with Crippen LogP contribution < -0.4 is 0 Å². The van der Waals surface area contributed by atoms with E-state index in [0.717, 1.165) is 0 Å². The first kappa shape index (κ1) is 10.1. The lowest BCUT2D eigenvalue weighted by Crippen LogP contribution is -2.17. The molecule has 0 amide bonds. The van der Waals surface area contributed by atoms with Gasteiger partial charge < -0.3 is 4.74 Å². The zero-order chi connectivity index (χ0) is 11.9. The molecular weight excluding hydrogens is 218 g/mol. The minimum Gasteiger partial charge on any atom is -0.473 e. The fourth-order valence-corrected chi connectivity index (χ4v) is 1.57. The average Bonchev–Trinajstić information content (AvgIpc) is 2.69. The van der Waals surface area contributed by atoms with Crippen LogP contribution >= 0.6 is 0 Å². The molecule has 1 aliphatic rings.